The van der Waals surface area contributed by atoms with Gasteiger partial charge in [-0.05, 0) is 13.0 Å². The van der Waals surface area contributed by atoms with E-state index in [0.717, 1.165) is 13.0 Å². The van der Waals surface area contributed by atoms with Crippen molar-refractivity contribution < 1.29 is 80.6 Å². The average Bonchev–Trinajstić information content (AvgIpc) is 2.72. The smallest absolute Gasteiger partial charge is 0.229 e. The van der Waals surface area contributed by atoms with Crippen LogP contribution in [0, 0.1) is 111 Å². The van der Waals surface area contributed by atoms with Crippen LogP contribution >= 0.6 is 0 Å². The molecule has 0 amide bonds. The maximum absolute atomic E-state index is 8.88. The molecule has 170 valence electrons. The van der Waals surface area contributed by atoms with Crippen molar-refractivity contribution in [1.29, 1.82) is 15.8 Å². The van der Waals surface area contributed by atoms with Gasteiger partial charge in [0.25, 0.3) is 0 Å². The summed E-state index contributed by atoms with van der Waals surface area (Å²) in [6.07, 6.45) is 3.34. The third-order valence-corrected chi connectivity index (χ3v) is 2.67. The number of nitriles is 1. The predicted octanol–water partition coefficient (Wildman–Crippen LogP) is 0.931. The summed E-state index contributed by atoms with van der Waals surface area (Å²) in [6, 6.07) is 0. The monoisotopic (exact) mass is 703 g/mol. The van der Waals surface area contributed by atoms with Crippen LogP contribution in [-0.4, -0.2) is 66.4 Å². The van der Waals surface area contributed by atoms with Crippen LogP contribution < -0.4 is 16.0 Å². The molecule has 0 aliphatic heterocycles. The van der Waals surface area contributed by atoms with Gasteiger partial charge in [0, 0.05) is 95.1 Å². The van der Waals surface area contributed by atoms with Crippen LogP contribution in [0.15, 0.2) is 0 Å². The van der Waals surface area contributed by atoms with Crippen LogP contribution in [0.4, 0.5) is 17.8 Å². The van der Waals surface area contributed by atoms with E-state index in [1.165, 1.54) is 0 Å². The molecule has 0 aliphatic rings. The Morgan fingerprint density at radius 2 is 1.28 bits per heavy atom. The minimum atomic E-state index is -0.00905. The van der Waals surface area contributed by atoms with Crippen LogP contribution in [-0.2, 0) is 0 Å². The van der Waals surface area contributed by atoms with Crippen LogP contribution in [0.25, 0.3) is 10.6 Å². The number of hydrogen-bond donors (Lipinski definition) is 4. The molecule has 0 fully saturated rings. The summed E-state index contributed by atoms with van der Waals surface area (Å²) in [6.45, 7) is 12.4. The second kappa shape index (κ2) is 29.3. The van der Waals surface area contributed by atoms with Gasteiger partial charge in [-0.15, -0.1) is 6.54 Å². The van der Waals surface area contributed by atoms with E-state index in [2.05, 4.69) is 41.5 Å². The fourth-order valence-electron chi connectivity index (χ4n) is 1.63. The van der Waals surface area contributed by atoms with Gasteiger partial charge in [-0.2, -0.15) is 22.0 Å². The number of nitrogens with zero attached hydrogens (tertiary/aromatic N) is 8. The van der Waals surface area contributed by atoms with Crippen LogP contribution in [0.5, 0.6) is 0 Å². The minimum Gasteiger partial charge on any atom is -0.665 e. The Bertz CT molecular complexity index is 560. The molecular formula is C15H23Ho2N11O-4. The van der Waals surface area contributed by atoms with E-state index in [0.29, 0.717) is 50.4 Å². The van der Waals surface area contributed by atoms with Crippen molar-refractivity contribution in [3.05, 3.63) is 23.8 Å². The number of anilines is 3. The van der Waals surface area contributed by atoms with E-state index in [4.69, 9.17) is 34.0 Å². The van der Waals surface area contributed by atoms with Gasteiger partial charge in [-0.1, -0.05) is 12.6 Å². The van der Waals surface area contributed by atoms with Crippen molar-refractivity contribution in [2.24, 2.45) is 0 Å². The van der Waals surface area contributed by atoms with E-state index in [9.17, 15) is 0 Å². The zero-order chi connectivity index (χ0) is 20.8. The summed E-state index contributed by atoms with van der Waals surface area (Å²) in [5.74, 6) is 1.28. The average molecular weight is 703 g/mol. The van der Waals surface area contributed by atoms with Crippen LogP contribution in [0.1, 0.15) is 12.8 Å². The Kier molecular flexibility index (Phi) is 35.9. The topological polar surface area (TPSA) is 195 Å². The molecule has 0 aliphatic carbocycles. The van der Waals surface area contributed by atoms with Gasteiger partial charge in [-0.3, -0.25) is 0 Å². The fraction of sp³-hybridized carbons (Fsp3) is 0.600. The van der Waals surface area contributed by atoms with Crippen LogP contribution in [0.2, 0.25) is 0 Å². The molecule has 0 unspecified atom stereocenters. The van der Waals surface area contributed by atoms with Gasteiger partial charge < -0.3 is 60.6 Å². The number of aliphatic hydroxyl groups excluding tert-OH is 1. The molecule has 29 heavy (non-hydrogen) atoms. The first kappa shape index (κ1) is 35.5. The maximum Gasteiger partial charge on any atom is 0.229 e. The number of nitrogens with one attached hydrogen (secondary N) is 3. The van der Waals surface area contributed by atoms with Crippen molar-refractivity contribution >= 4 is 17.8 Å². The predicted molar refractivity (Wildman–Crippen MR) is 99.5 cm³/mol. The Morgan fingerprint density at radius 1 is 0.862 bits per heavy atom. The maximum atomic E-state index is 8.88. The van der Waals surface area contributed by atoms with Gasteiger partial charge >= 0.3 is 0 Å². The second-order valence-electron chi connectivity index (χ2n) is 4.54. The van der Waals surface area contributed by atoms with Crippen molar-refractivity contribution in [3.63, 3.8) is 0 Å². The molecule has 12 nitrogen and oxygen atoms in total. The molecule has 0 saturated heterocycles. The minimum absolute atomic E-state index is 0. The van der Waals surface area contributed by atoms with E-state index < -0.39 is 0 Å². The van der Waals surface area contributed by atoms with Gasteiger partial charge in [0.15, 0.2) is 0 Å². The standard InChI is InChI=1S/C13H23N9O.2CN.2Ho/c1-15-4-2-6-17-11-20-12(18-7-3-5-16-10-14)22-13(21-11)19-8-9-23;2*1-2;;/h23H,2-9H2,1H3,(H3,17,18,19,20,21,22);;;;/q-2;2*-1;;. The number of hydrogen-bond acceptors (Lipinski definition) is 10. The van der Waals surface area contributed by atoms with E-state index in [1.54, 1.807) is 13.2 Å². The summed E-state index contributed by atoms with van der Waals surface area (Å²) >= 11 is 0. The zero-order valence-electron chi connectivity index (χ0n) is 15.8. The van der Waals surface area contributed by atoms with Gasteiger partial charge in [0.1, 0.15) is 0 Å². The molecule has 0 spiro atoms. The van der Waals surface area contributed by atoms with Crippen molar-refractivity contribution in [2.75, 3.05) is 62.3 Å². The van der Waals surface area contributed by atoms with E-state index >= 15 is 0 Å². The summed E-state index contributed by atoms with van der Waals surface area (Å²) in [4.78, 5) is 12.7. The Morgan fingerprint density at radius 3 is 1.66 bits per heavy atom. The Balaban J connectivity index is -0.000000488. The second-order valence-corrected chi connectivity index (χ2v) is 4.54. The molecule has 2 radical (unpaired) electrons. The van der Waals surface area contributed by atoms with Crippen molar-refractivity contribution in [2.45, 2.75) is 12.8 Å². The summed E-state index contributed by atoms with van der Waals surface area (Å²) in [7, 11) is 1.78. The Labute approximate surface area is 231 Å². The SMILES string of the molecule is C[N-]CCCNc1nc(NCCO)nc(NCCC[N-]C#N)n1.[C-]#N.[C-]#N.[Ho].[Ho]. The first-order valence-corrected chi connectivity index (χ1v) is 7.94. The fourth-order valence-corrected chi connectivity index (χ4v) is 1.63. The van der Waals surface area contributed by atoms with E-state index in [-0.39, 0.29) is 82.1 Å². The normalized spacial score (nSPS) is 8.03. The number of aliphatic hydroxyl groups is 1. The molecule has 0 aromatic carbocycles. The molecule has 4 N–H and O–H groups in total. The first-order valence-electron chi connectivity index (χ1n) is 7.94. The van der Waals surface area contributed by atoms with Crippen molar-refractivity contribution in [3.8, 4) is 6.19 Å². The molecule has 1 aromatic heterocycles. The first-order chi connectivity index (χ1) is 13.3. The molecular weight excluding hydrogens is 680 g/mol. The molecule has 1 aromatic rings. The molecule has 0 atom stereocenters. The van der Waals surface area contributed by atoms with E-state index in [1.807, 2.05) is 0 Å². The van der Waals surface area contributed by atoms with Crippen LogP contribution in [0.3, 0.4) is 0 Å². The molecule has 0 bridgehead atoms. The third-order valence-electron chi connectivity index (χ3n) is 2.67. The van der Waals surface area contributed by atoms with Gasteiger partial charge in [0.05, 0.1) is 6.61 Å². The molecule has 1 rings (SSSR count). The quantitative estimate of drug-likeness (QED) is 0.0994. The number of rotatable bonds is 13. The molecule has 0 saturated carbocycles. The summed E-state index contributed by atoms with van der Waals surface area (Å²) < 4.78 is 0. The number of aromatic nitrogens is 3. The molecule has 1 heterocycles. The summed E-state index contributed by atoms with van der Waals surface area (Å²) in [5, 5.41) is 46.4. The van der Waals surface area contributed by atoms with Gasteiger partial charge in [0.2, 0.25) is 17.8 Å². The third kappa shape index (κ3) is 21.6. The molecule has 14 heteroatoms. The Hall–Kier alpha value is -0.881. The zero-order valence-corrected chi connectivity index (χ0v) is 19.7. The summed E-state index contributed by atoms with van der Waals surface area (Å²) in [5.41, 5.74) is 0. The van der Waals surface area contributed by atoms with Gasteiger partial charge in [-0.25, -0.2) is 0 Å². The largest absolute Gasteiger partial charge is 0.665 e. The van der Waals surface area contributed by atoms with Crippen molar-refractivity contribution in [1.82, 2.24) is 15.0 Å².